The van der Waals surface area contributed by atoms with E-state index < -0.39 is 12.1 Å². The summed E-state index contributed by atoms with van der Waals surface area (Å²) in [4.78, 5) is 51.6. The Morgan fingerprint density at radius 3 is 2.00 bits per heavy atom. The van der Waals surface area contributed by atoms with Gasteiger partial charge in [-0.2, -0.15) is 0 Å². The number of nitrogens with zero attached hydrogens (tertiary/aromatic N) is 1. The summed E-state index contributed by atoms with van der Waals surface area (Å²) in [5, 5.41) is 2.34. The van der Waals surface area contributed by atoms with Gasteiger partial charge >= 0.3 is 24.1 Å². The maximum absolute atomic E-state index is 13.2. The molecule has 9 nitrogen and oxygen atoms in total. The largest absolute Gasteiger partial charge is 0.466 e. The number of carbonyl (C=O) groups excluding carboxylic acids is 4. The van der Waals surface area contributed by atoms with E-state index in [0.29, 0.717) is 48.7 Å². The van der Waals surface area contributed by atoms with Crippen LogP contribution >= 0.6 is 21.6 Å². The van der Waals surface area contributed by atoms with E-state index in [-0.39, 0.29) is 30.6 Å². The van der Waals surface area contributed by atoms with Crippen LogP contribution in [0, 0.1) is 5.41 Å². The first kappa shape index (κ1) is 33.5. The number of hydrogen-bond donors (Lipinski definition) is 1. The minimum Gasteiger partial charge on any atom is -0.466 e. The number of anilines is 2. The van der Waals surface area contributed by atoms with Crippen LogP contribution in [0.4, 0.5) is 21.0 Å². The Hall–Kier alpha value is -3.44. The Bertz CT molecular complexity index is 1280. The van der Waals surface area contributed by atoms with Gasteiger partial charge in [-0.3, -0.25) is 14.5 Å². The Kier molecular flexibility index (Phi) is 13.0. The van der Waals surface area contributed by atoms with Crippen molar-refractivity contribution in [3.8, 4) is 0 Å². The molecule has 0 bridgehead atoms. The minimum absolute atomic E-state index is 0.119. The van der Waals surface area contributed by atoms with Crippen molar-refractivity contribution in [2.75, 3.05) is 36.2 Å². The number of fused-ring (bicyclic) bond motifs is 2. The number of esters is 2. The predicted molar refractivity (Wildman–Crippen MR) is 176 cm³/mol. The van der Waals surface area contributed by atoms with E-state index in [9.17, 15) is 19.2 Å². The van der Waals surface area contributed by atoms with Crippen molar-refractivity contribution in [2.24, 2.45) is 5.41 Å². The lowest BCUT2D eigenvalue weighted by Gasteiger charge is -2.36. The zero-order valence-corrected chi connectivity index (χ0v) is 26.7. The van der Waals surface area contributed by atoms with E-state index in [1.165, 1.54) is 26.5 Å². The number of para-hydroxylation sites is 2. The lowest BCUT2D eigenvalue weighted by atomic mass is 9.69. The van der Waals surface area contributed by atoms with Crippen LogP contribution < -0.4 is 10.2 Å². The molecule has 0 aromatic heterocycles. The monoisotopic (exact) mass is 640 g/mol. The maximum atomic E-state index is 13.2. The van der Waals surface area contributed by atoms with Crippen LogP contribution in [0.3, 0.4) is 0 Å². The van der Waals surface area contributed by atoms with Crippen molar-refractivity contribution >= 4 is 69.2 Å². The number of alkyl carbamates (subject to hydrolysis) is 1. The van der Waals surface area contributed by atoms with Crippen molar-refractivity contribution in [3.63, 3.8) is 0 Å². The summed E-state index contributed by atoms with van der Waals surface area (Å²) in [6.45, 7) is 2.58. The molecule has 1 fully saturated rings. The number of amides is 3. The molecule has 0 saturated heterocycles. The van der Waals surface area contributed by atoms with Crippen molar-refractivity contribution < 1.29 is 33.4 Å². The summed E-state index contributed by atoms with van der Waals surface area (Å²) >= 11 is 0. The van der Waals surface area contributed by atoms with Crippen LogP contribution in [-0.4, -0.2) is 55.4 Å². The Balaban J connectivity index is 1.11. The fourth-order valence-corrected chi connectivity index (χ4v) is 7.28. The SMILES string of the molecule is CCOC(=O)CC1(CCC(=O)OCCSSCCOC(=O)NC(=O)N2c3ccccc3C=Cc3ccccc32)CCCCC1. The topological polar surface area (TPSA) is 111 Å². The second kappa shape index (κ2) is 17.2. The molecule has 11 heteroatoms. The van der Waals surface area contributed by atoms with Gasteiger partial charge < -0.3 is 14.2 Å². The minimum atomic E-state index is -0.819. The number of rotatable bonds is 13. The van der Waals surface area contributed by atoms with Crippen molar-refractivity contribution in [1.82, 2.24) is 5.32 Å². The molecule has 1 aliphatic heterocycles. The van der Waals surface area contributed by atoms with Gasteiger partial charge in [0.2, 0.25) is 0 Å². The van der Waals surface area contributed by atoms with E-state index in [1.807, 2.05) is 60.7 Å². The quantitative estimate of drug-likeness (QED) is 0.102. The van der Waals surface area contributed by atoms with E-state index >= 15 is 0 Å². The molecule has 2 aromatic rings. The lowest BCUT2D eigenvalue weighted by Crippen LogP contribution is -2.41. The number of hydrogen-bond acceptors (Lipinski definition) is 9. The van der Waals surface area contributed by atoms with Crippen LogP contribution in [0.5, 0.6) is 0 Å². The first-order valence-electron chi connectivity index (χ1n) is 15.1. The Labute approximate surface area is 266 Å². The average Bonchev–Trinajstić information content (AvgIpc) is 3.19. The second-order valence-corrected chi connectivity index (χ2v) is 13.5. The molecule has 44 heavy (non-hydrogen) atoms. The molecule has 0 unspecified atom stereocenters. The fourth-order valence-electron chi connectivity index (χ4n) is 5.62. The van der Waals surface area contributed by atoms with Crippen LogP contribution in [0.1, 0.15) is 69.4 Å². The molecule has 236 valence electrons. The molecular formula is C33H40N2O7S2. The number of benzene rings is 2. The molecule has 1 heterocycles. The van der Waals surface area contributed by atoms with Crippen molar-refractivity contribution in [3.05, 3.63) is 59.7 Å². The molecule has 1 saturated carbocycles. The predicted octanol–water partition coefficient (Wildman–Crippen LogP) is 7.76. The third-order valence-corrected chi connectivity index (χ3v) is 10.1. The smallest absolute Gasteiger partial charge is 0.415 e. The number of urea groups is 1. The van der Waals surface area contributed by atoms with E-state index in [2.05, 4.69) is 5.32 Å². The highest BCUT2D eigenvalue weighted by atomic mass is 33.1. The normalized spacial score (nSPS) is 14.9. The molecule has 3 amide bonds. The van der Waals surface area contributed by atoms with Gasteiger partial charge in [-0.25, -0.2) is 14.9 Å². The standard InChI is InChI=1S/C33H40N2O7S2/c1-2-40-30(37)24-33(17-8-3-9-18-33)19-16-29(36)41-20-22-43-44-23-21-42-32(39)34-31(38)35-27-12-6-4-10-25(27)14-15-26-11-5-7-13-28(26)35/h4-7,10-15H,2-3,8-9,16-24H2,1H3,(H,34,38,39). The first-order valence-corrected chi connectivity index (χ1v) is 17.6. The summed E-state index contributed by atoms with van der Waals surface area (Å²) in [5.74, 6) is 0.669. The van der Waals surface area contributed by atoms with Gasteiger partial charge in [0.15, 0.2) is 0 Å². The Morgan fingerprint density at radius 1 is 0.795 bits per heavy atom. The number of nitrogens with one attached hydrogen (secondary N) is 1. The van der Waals surface area contributed by atoms with Gasteiger partial charge in [-0.15, -0.1) is 0 Å². The average molecular weight is 641 g/mol. The zero-order valence-electron chi connectivity index (χ0n) is 25.1. The van der Waals surface area contributed by atoms with Crippen molar-refractivity contribution in [2.45, 2.75) is 58.3 Å². The lowest BCUT2D eigenvalue weighted by molar-refractivity contribution is -0.149. The summed E-state index contributed by atoms with van der Waals surface area (Å²) in [6, 6.07) is 14.4. The highest BCUT2D eigenvalue weighted by molar-refractivity contribution is 8.76. The van der Waals surface area contributed by atoms with Gasteiger partial charge in [0, 0.05) is 17.9 Å². The van der Waals surface area contributed by atoms with Crippen LogP contribution in [0.25, 0.3) is 12.2 Å². The number of carbonyl (C=O) groups is 4. The van der Waals surface area contributed by atoms with Crippen LogP contribution in [-0.2, 0) is 23.8 Å². The molecule has 0 atom stereocenters. The summed E-state index contributed by atoms with van der Waals surface area (Å²) in [7, 11) is 3.00. The molecular weight excluding hydrogens is 601 g/mol. The fraction of sp³-hybridized carbons (Fsp3) is 0.455. The van der Waals surface area contributed by atoms with E-state index in [4.69, 9.17) is 14.2 Å². The molecule has 1 N–H and O–H groups in total. The Morgan fingerprint density at radius 2 is 1.39 bits per heavy atom. The zero-order chi connectivity index (χ0) is 31.2. The van der Waals surface area contributed by atoms with E-state index in [0.717, 1.165) is 43.2 Å². The molecule has 1 aliphatic carbocycles. The number of imide groups is 1. The van der Waals surface area contributed by atoms with Gasteiger partial charge in [0.05, 0.1) is 24.4 Å². The van der Waals surface area contributed by atoms with E-state index in [1.54, 1.807) is 6.92 Å². The third-order valence-electron chi connectivity index (χ3n) is 7.72. The highest BCUT2D eigenvalue weighted by Gasteiger charge is 2.35. The summed E-state index contributed by atoms with van der Waals surface area (Å²) < 4.78 is 15.8. The molecule has 0 radical (unpaired) electrons. The van der Waals surface area contributed by atoms with Gasteiger partial charge in [-0.1, -0.05) is 89.4 Å². The second-order valence-electron chi connectivity index (χ2n) is 10.8. The molecule has 2 aromatic carbocycles. The molecule has 0 spiro atoms. The third kappa shape index (κ3) is 9.79. The van der Waals surface area contributed by atoms with Gasteiger partial charge in [-0.05, 0) is 54.9 Å². The van der Waals surface area contributed by atoms with Gasteiger partial charge in [0.25, 0.3) is 0 Å². The van der Waals surface area contributed by atoms with Crippen LogP contribution in [0.2, 0.25) is 0 Å². The number of ether oxygens (including phenoxy) is 3. The first-order chi connectivity index (χ1) is 21.4. The summed E-state index contributed by atoms with van der Waals surface area (Å²) in [5.41, 5.74) is 2.88. The van der Waals surface area contributed by atoms with Crippen LogP contribution in [0.15, 0.2) is 48.5 Å². The summed E-state index contributed by atoms with van der Waals surface area (Å²) in [6.07, 6.45) is 9.56. The highest BCUT2D eigenvalue weighted by Crippen LogP contribution is 2.43. The molecule has 4 rings (SSSR count). The molecule has 2 aliphatic rings. The maximum Gasteiger partial charge on any atom is 0.415 e. The van der Waals surface area contributed by atoms with Gasteiger partial charge in [0.1, 0.15) is 13.2 Å². The van der Waals surface area contributed by atoms with Crippen molar-refractivity contribution in [1.29, 1.82) is 0 Å².